The fraction of sp³-hybridized carbons (Fsp3) is 0.792. The van der Waals surface area contributed by atoms with E-state index in [9.17, 15) is 93.8 Å². The monoisotopic (exact) mass is 801 g/mol. The number of aliphatic imine (C=N–C) groups is 1. The van der Waals surface area contributed by atoms with Gasteiger partial charge >= 0.3 is 47.6 Å². The fourth-order valence-electron chi connectivity index (χ4n) is 4.42. The fourth-order valence-corrected chi connectivity index (χ4v) is 4.42. The Morgan fingerprint density at radius 3 is 1.65 bits per heavy atom. The Kier molecular flexibility index (Phi) is 13.7. The van der Waals surface area contributed by atoms with Gasteiger partial charge in [-0.15, -0.1) is 0 Å². The second-order valence-electron chi connectivity index (χ2n) is 11.1. The molecule has 0 radical (unpaired) electrons. The molecular formula is C24H28F17N7O4. The van der Waals surface area contributed by atoms with E-state index in [4.69, 9.17) is 17.2 Å². The van der Waals surface area contributed by atoms with Crippen molar-refractivity contribution in [2.24, 2.45) is 22.2 Å². The lowest BCUT2D eigenvalue weighted by atomic mass is 9.88. The molecule has 8 N–H and O–H groups in total. The van der Waals surface area contributed by atoms with Gasteiger partial charge in [0.2, 0.25) is 23.6 Å². The van der Waals surface area contributed by atoms with Gasteiger partial charge in [-0.1, -0.05) is 0 Å². The molecule has 0 aromatic carbocycles. The quantitative estimate of drug-likeness (QED) is 0.0614. The molecule has 1 saturated heterocycles. The summed E-state index contributed by atoms with van der Waals surface area (Å²) in [5.74, 6) is -63.2. The minimum Gasteiger partial charge on any atom is -0.370 e. The number of alkyl halides is 17. The van der Waals surface area contributed by atoms with Gasteiger partial charge in [0.15, 0.2) is 5.96 Å². The number of nitrogens with two attached hydrogens (primary N) is 3. The summed E-state index contributed by atoms with van der Waals surface area (Å²) in [5.41, 5.74) is 15.6. The molecule has 0 saturated carbocycles. The van der Waals surface area contributed by atoms with E-state index < -0.39 is 103 Å². The Morgan fingerprint density at radius 1 is 0.712 bits per heavy atom. The Hall–Kier alpha value is -4.04. The van der Waals surface area contributed by atoms with Gasteiger partial charge in [0, 0.05) is 25.9 Å². The number of primary amides is 1. The maximum atomic E-state index is 14.1. The molecule has 1 rings (SSSR count). The third-order valence-electron chi connectivity index (χ3n) is 7.34. The molecule has 1 fully saturated rings. The molecule has 4 amide bonds. The number of carbonyl (C=O) groups is 4. The SMILES string of the molecule is NC(=O)[C@@H]1CCCN1C(=O)[C@H](CCCN=C(N)N)NC(=O)CNC(=O)CCC(F)(F)C(F)(F)C(F)(F)C(F)(F)C(F)(F)C(F)(F)C(F)(F)C(F)(F)F. The van der Waals surface area contributed by atoms with E-state index >= 15 is 0 Å². The molecule has 302 valence electrons. The van der Waals surface area contributed by atoms with E-state index in [-0.39, 0.29) is 38.3 Å². The molecule has 52 heavy (non-hydrogen) atoms. The van der Waals surface area contributed by atoms with Crippen molar-refractivity contribution in [1.82, 2.24) is 15.5 Å². The third-order valence-corrected chi connectivity index (χ3v) is 7.34. The van der Waals surface area contributed by atoms with Crippen LogP contribution in [0.4, 0.5) is 74.6 Å². The van der Waals surface area contributed by atoms with Crippen molar-refractivity contribution in [2.45, 2.75) is 98.2 Å². The molecule has 0 aliphatic carbocycles. The largest absolute Gasteiger partial charge is 0.460 e. The summed E-state index contributed by atoms with van der Waals surface area (Å²) in [4.78, 5) is 53.6. The van der Waals surface area contributed by atoms with E-state index in [0.717, 1.165) is 4.90 Å². The van der Waals surface area contributed by atoms with E-state index in [1.807, 2.05) is 0 Å². The Morgan fingerprint density at radius 2 is 1.19 bits per heavy atom. The molecule has 1 aliphatic heterocycles. The van der Waals surface area contributed by atoms with Gasteiger partial charge < -0.3 is 32.7 Å². The first-order valence-corrected chi connectivity index (χ1v) is 14.1. The highest BCUT2D eigenvalue weighted by atomic mass is 19.4. The summed E-state index contributed by atoms with van der Waals surface area (Å²) in [5, 5.41) is 3.51. The lowest BCUT2D eigenvalue weighted by Crippen LogP contribution is -2.74. The molecule has 2 atom stereocenters. The topological polar surface area (TPSA) is 186 Å². The zero-order chi connectivity index (χ0) is 41.1. The van der Waals surface area contributed by atoms with Crippen LogP contribution in [0.1, 0.15) is 38.5 Å². The molecule has 1 heterocycles. The number of carbonyl (C=O) groups excluding carboxylic acids is 4. The van der Waals surface area contributed by atoms with Crippen LogP contribution in [0, 0.1) is 0 Å². The standard InChI is InChI=1S/C24H28F17N7O4/c25-17(26,18(27,28)19(29,30)20(31,32)21(33,34)22(35,36)23(37,38)24(39,40)41)6-5-12(49)46-9-13(50)47-10(3-1-7-45-16(43)44)15(52)48-8-2-4-11(48)14(42)51/h10-11H,1-9H2,(H2,42,51)(H,46,49)(H,47,50)(H4,43,44,45)/t10-,11-/m0/s1. The van der Waals surface area contributed by atoms with Crippen LogP contribution < -0.4 is 27.8 Å². The maximum absolute atomic E-state index is 14.1. The molecule has 0 aromatic heterocycles. The molecule has 11 nitrogen and oxygen atoms in total. The molecule has 1 aliphatic rings. The van der Waals surface area contributed by atoms with Crippen LogP contribution in [0.3, 0.4) is 0 Å². The number of nitrogens with one attached hydrogen (secondary N) is 2. The third kappa shape index (κ3) is 8.76. The van der Waals surface area contributed by atoms with E-state index in [1.165, 1.54) is 5.32 Å². The predicted molar refractivity (Wildman–Crippen MR) is 139 cm³/mol. The van der Waals surface area contributed by atoms with Crippen LogP contribution in [0.2, 0.25) is 0 Å². The van der Waals surface area contributed by atoms with Gasteiger partial charge in [-0.3, -0.25) is 24.2 Å². The van der Waals surface area contributed by atoms with Crippen LogP contribution in [0.15, 0.2) is 4.99 Å². The van der Waals surface area contributed by atoms with Crippen molar-refractivity contribution in [1.29, 1.82) is 0 Å². The van der Waals surface area contributed by atoms with Crippen molar-refractivity contribution in [3.63, 3.8) is 0 Å². The van der Waals surface area contributed by atoms with Crippen molar-refractivity contribution < 1.29 is 93.8 Å². The average molecular weight is 801 g/mol. The lowest BCUT2D eigenvalue weighted by molar-refractivity contribution is -0.461. The van der Waals surface area contributed by atoms with Crippen LogP contribution in [0.5, 0.6) is 0 Å². The highest BCUT2D eigenvalue weighted by molar-refractivity contribution is 5.93. The van der Waals surface area contributed by atoms with Gasteiger partial charge in [0.25, 0.3) is 0 Å². The predicted octanol–water partition coefficient (Wildman–Crippen LogP) is 2.91. The van der Waals surface area contributed by atoms with Crippen LogP contribution in [-0.4, -0.2) is 114 Å². The number of halogens is 17. The van der Waals surface area contributed by atoms with Crippen molar-refractivity contribution in [3.8, 4) is 0 Å². The second-order valence-corrected chi connectivity index (χ2v) is 11.1. The highest BCUT2D eigenvalue weighted by Gasteiger charge is 2.95. The first-order chi connectivity index (χ1) is 23.2. The van der Waals surface area contributed by atoms with Gasteiger partial charge in [-0.05, 0) is 25.7 Å². The van der Waals surface area contributed by atoms with Gasteiger partial charge in [-0.2, -0.15) is 74.6 Å². The Bertz CT molecular complexity index is 1350. The van der Waals surface area contributed by atoms with Crippen LogP contribution >= 0.6 is 0 Å². The number of guanidine groups is 1. The lowest BCUT2D eigenvalue weighted by Gasteiger charge is -2.42. The highest BCUT2D eigenvalue weighted by Crippen LogP contribution is 2.64. The molecule has 0 aromatic rings. The van der Waals surface area contributed by atoms with Gasteiger partial charge in [-0.25, -0.2) is 0 Å². The number of nitrogens with zero attached hydrogens (tertiary/aromatic N) is 2. The van der Waals surface area contributed by atoms with Gasteiger partial charge in [0.1, 0.15) is 12.1 Å². The van der Waals surface area contributed by atoms with Crippen molar-refractivity contribution in [2.75, 3.05) is 19.6 Å². The number of amides is 4. The van der Waals surface area contributed by atoms with E-state index in [0.29, 0.717) is 6.42 Å². The number of rotatable bonds is 18. The van der Waals surface area contributed by atoms with E-state index in [1.54, 1.807) is 0 Å². The second kappa shape index (κ2) is 15.5. The zero-order valence-corrected chi connectivity index (χ0v) is 25.7. The average Bonchev–Trinajstić information content (AvgIpc) is 3.49. The summed E-state index contributed by atoms with van der Waals surface area (Å²) < 4.78 is 228. The molecule has 0 bridgehead atoms. The van der Waals surface area contributed by atoms with Crippen LogP contribution in [-0.2, 0) is 19.2 Å². The summed E-state index contributed by atoms with van der Waals surface area (Å²) >= 11 is 0. The Labute approximate surface area is 279 Å². The minimum absolute atomic E-state index is 0.00657. The summed E-state index contributed by atoms with van der Waals surface area (Å²) in [6.45, 7) is -1.43. The first kappa shape index (κ1) is 46.0. The zero-order valence-electron chi connectivity index (χ0n) is 25.7. The summed E-state index contributed by atoms with van der Waals surface area (Å²) in [7, 11) is 0. The normalized spacial score (nSPS) is 17.4. The Balaban J connectivity index is 3.09. The van der Waals surface area contributed by atoms with Gasteiger partial charge in [0.05, 0.1) is 6.54 Å². The van der Waals surface area contributed by atoms with Crippen molar-refractivity contribution >= 4 is 29.6 Å². The number of likely N-dealkylation sites (tertiary alicyclic amines) is 1. The molecule has 0 unspecified atom stereocenters. The van der Waals surface area contributed by atoms with E-state index in [2.05, 4.69) is 10.3 Å². The summed E-state index contributed by atoms with van der Waals surface area (Å²) in [6, 6.07) is -2.60. The van der Waals surface area contributed by atoms with Crippen molar-refractivity contribution in [3.05, 3.63) is 0 Å². The smallest absolute Gasteiger partial charge is 0.370 e. The number of hydrogen-bond acceptors (Lipinski definition) is 5. The first-order valence-electron chi connectivity index (χ1n) is 14.1. The molecular weight excluding hydrogens is 773 g/mol. The summed E-state index contributed by atoms with van der Waals surface area (Å²) in [6.07, 6.45) is -12.9. The molecule has 28 heteroatoms. The maximum Gasteiger partial charge on any atom is 0.460 e. The molecule has 0 spiro atoms. The van der Waals surface area contributed by atoms with Crippen LogP contribution in [0.25, 0.3) is 0 Å². The minimum atomic E-state index is -8.79. The number of hydrogen-bond donors (Lipinski definition) is 5.